The highest BCUT2D eigenvalue weighted by Gasteiger charge is 2.17. The van der Waals surface area contributed by atoms with Crippen LogP contribution in [0.2, 0.25) is 0 Å². The van der Waals surface area contributed by atoms with Crippen LogP contribution < -0.4 is 14.8 Å². The summed E-state index contributed by atoms with van der Waals surface area (Å²) >= 11 is 1.76. The third-order valence-corrected chi connectivity index (χ3v) is 5.00. The Kier molecular flexibility index (Phi) is 6.63. The minimum absolute atomic E-state index is 0.0160. The number of aryl methyl sites for hydroxylation is 3. The molecule has 0 unspecified atom stereocenters. The minimum atomic E-state index is -1.11. The molecule has 0 bridgehead atoms. The Morgan fingerprint density at radius 2 is 1.88 bits per heavy atom. The monoisotopic (exact) mass is 377 g/mol. The number of rotatable bonds is 8. The van der Waals surface area contributed by atoms with Crippen molar-refractivity contribution in [2.75, 3.05) is 19.5 Å². The number of carbonyl (C=O) groups is 2. The van der Waals surface area contributed by atoms with Gasteiger partial charge in [-0.3, -0.25) is 4.79 Å². The number of carboxylic acid groups (broad SMARTS) is 1. The lowest BCUT2D eigenvalue weighted by molar-refractivity contribution is -0.116. The Labute approximate surface area is 156 Å². The van der Waals surface area contributed by atoms with Gasteiger partial charge in [0.05, 0.1) is 25.5 Å². The molecule has 0 fully saturated rings. The van der Waals surface area contributed by atoms with Gasteiger partial charge in [-0.15, -0.1) is 11.3 Å². The molecule has 0 spiro atoms. The second-order valence-electron chi connectivity index (χ2n) is 5.90. The van der Waals surface area contributed by atoms with E-state index in [1.165, 1.54) is 41.7 Å². The first-order valence-electron chi connectivity index (χ1n) is 8.20. The standard InChI is InChI=1S/C19H23NO5S/c1-11-8-13(12(2)26-11)6-5-7-17(21)20-15-9-14(19(22)23)10-16(24-3)18(15)25-4/h8-10H,5-7H2,1-4H3,(H,20,21)(H,22,23). The van der Waals surface area contributed by atoms with Crippen molar-refractivity contribution >= 4 is 28.9 Å². The number of thiophene rings is 1. The van der Waals surface area contributed by atoms with Crippen LogP contribution in [0.25, 0.3) is 0 Å². The SMILES string of the molecule is COc1cc(C(=O)O)cc(NC(=O)CCCc2cc(C)sc2C)c1OC. The molecule has 0 saturated carbocycles. The van der Waals surface area contributed by atoms with Crippen molar-refractivity contribution in [2.24, 2.45) is 0 Å². The molecule has 7 heteroatoms. The zero-order valence-electron chi connectivity index (χ0n) is 15.3. The van der Waals surface area contributed by atoms with Gasteiger partial charge < -0.3 is 19.9 Å². The molecule has 0 radical (unpaired) electrons. The smallest absolute Gasteiger partial charge is 0.335 e. The average Bonchev–Trinajstić information content (AvgIpc) is 2.91. The van der Waals surface area contributed by atoms with E-state index in [1.54, 1.807) is 11.3 Å². The van der Waals surface area contributed by atoms with Crippen molar-refractivity contribution in [3.05, 3.63) is 39.1 Å². The third-order valence-electron chi connectivity index (χ3n) is 3.99. The molecule has 140 valence electrons. The fraction of sp³-hybridized carbons (Fsp3) is 0.368. The number of nitrogens with one attached hydrogen (secondary N) is 1. The van der Waals surface area contributed by atoms with Gasteiger partial charge >= 0.3 is 5.97 Å². The van der Waals surface area contributed by atoms with Gasteiger partial charge in [0.2, 0.25) is 5.91 Å². The number of aromatic carboxylic acids is 1. The van der Waals surface area contributed by atoms with Crippen LogP contribution in [0.1, 0.15) is 38.5 Å². The largest absolute Gasteiger partial charge is 0.493 e. The molecular formula is C19H23NO5S. The van der Waals surface area contributed by atoms with E-state index < -0.39 is 5.97 Å². The van der Waals surface area contributed by atoms with Gasteiger partial charge in [0.15, 0.2) is 11.5 Å². The fourth-order valence-corrected chi connectivity index (χ4v) is 3.74. The van der Waals surface area contributed by atoms with Gasteiger partial charge in [0, 0.05) is 16.2 Å². The van der Waals surface area contributed by atoms with Gasteiger partial charge in [-0.2, -0.15) is 0 Å². The first-order valence-corrected chi connectivity index (χ1v) is 9.02. The Morgan fingerprint density at radius 1 is 1.15 bits per heavy atom. The molecule has 2 aromatic rings. The van der Waals surface area contributed by atoms with E-state index in [9.17, 15) is 14.7 Å². The molecule has 0 aliphatic rings. The van der Waals surface area contributed by atoms with Gasteiger partial charge in [0.25, 0.3) is 0 Å². The lowest BCUT2D eigenvalue weighted by Crippen LogP contribution is -2.13. The van der Waals surface area contributed by atoms with Crippen LogP contribution in [0.15, 0.2) is 18.2 Å². The van der Waals surface area contributed by atoms with E-state index in [0.29, 0.717) is 18.6 Å². The number of carbonyl (C=O) groups excluding carboxylic acids is 1. The first-order chi connectivity index (χ1) is 12.3. The maximum Gasteiger partial charge on any atom is 0.335 e. The number of methoxy groups -OCH3 is 2. The van der Waals surface area contributed by atoms with Crippen LogP contribution in [0, 0.1) is 13.8 Å². The summed E-state index contributed by atoms with van der Waals surface area (Å²) in [6.07, 6.45) is 1.87. The number of amides is 1. The second-order valence-corrected chi connectivity index (χ2v) is 7.37. The maximum atomic E-state index is 12.3. The van der Waals surface area contributed by atoms with E-state index in [2.05, 4.69) is 25.2 Å². The molecule has 6 nitrogen and oxygen atoms in total. The molecule has 1 aromatic heterocycles. The van der Waals surface area contributed by atoms with Gasteiger partial charge in [0.1, 0.15) is 0 Å². The summed E-state index contributed by atoms with van der Waals surface area (Å²) in [4.78, 5) is 26.1. The lowest BCUT2D eigenvalue weighted by Gasteiger charge is -2.14. The van der Waals surface area contributed by atoms with E-state index in [0.717, 1.165) is 6.42 Å². The predicted octanol–water partition coefficient (Wildman–Crippen LogP) is 4.04. The zero-order valence-corrected chi connectivity index (χ0v) is 16.2. The van der Waals surface area contributed by atoms with Crippen molar-refractivity contribution in [1.29, 1.82) is 0 Å². The average molecular weight is 377 g/mol. The Bertz CT molecular complexity index is 813. The number of ether oxygens (including phenoxy) is 2. The number of anilines is 1. The Balaban J connectivity index is 2.06. The molecule has 1 aromatic carbocycles. The Hall–Kier alpha value is -2.54. The van der Waals surface area contributed by atoms with E-state index in [4.69, 9.17) is 9.47 Å². The highest BCUT2D eigenvalue weighted by Crippen LogP contribution is 2.36. The topological polar surface area (TPSA) is 84.9 Å². The van der Waals surface area contributed by atoms with Crippen molar-refractivity contribution in [1.82, 2.24) is 0 Å². The molecule has 1 heterocycles. The zero-order chi connectivity index (χ0) is 19.3. The quantitative estimate of drug-likeness (QED) is 0.725. The van der Waals surface area contributed by atoms with Gasteiger partial charge in [-0.05, 0) is 50.5 Å². The molecular weight excluding hydrogens is 354 g/mol. The van der Waals surface area contributed by atoms with E-state index in [1.807, 2.05) is 0 Å². The van der Waals surface area contributed by atoms with Crippen LogP contribution in [-0.2, 0) is 11.2 Å². The van der Waals surface area contributed by atoms with E-state index in [-0.39, 0.29) is 22.9 Å². The molecule has 0 aliphatic heterocycles. The van der Waals surface area contributed by atoms with Crippen LogP contribution in [-0.4, -0.2) is 31.2 Å². The maximum absolute atomic E-state index is 12.3. The predicted molar refractivity (Wildman–Crippen MR) is 102 cm³/mol. The summed E-state index contributed by atoms with van der Waals surface area (Å²) in [7, 11) is 2.86. The summed E-state index contributed by atoms with van der Waals surface area (Å²) in [5.74, 6) is -0.746. The molecule has 0 atom stereocenters. The van der Waals surface area contributed by atoms with Crippen LogP contribution in [0.4, 0.5) is 5.69 Å². The molecule has 0 saturated heterocycles. The Morgan fingerprint density at radius 3 is 2.42 bits per heavy atom. The number of hydrogen-bond donors (Lipinski definition) is 2. The number of carboxylic acids is 1. The lowest BCUT2D eigenvalue weighted by atomic mass is 10.1. The van der Waals surface area contributed by atoms with Crippen LogP contribution in [0.5, 0.6) is 11.5 Å². The third kappa shape index (κ3) is 4.76. The molecule has 0 aliphatic carbocycles. The second kappa shape index (κ2) is 8.71. The van der Waals surface area contributed by atoms with Gasteiger partial charge in [-0.1, -0.05) is 0 Å². The molecule has 2 rings (SSSR count). The molecule has 1 amide bonds. The summed E-state index contributed by atoms with van der Waals surface area (Å²) in [6, 6.07) is 4.88. The summed E-state index contributed by atoms with van der Waals surface area (Å²) in [5, 5.41) is 11.9. The highest BCUT2D eigenvalue weighted by molar-refractivity contribution is 7.12. The number of hydrogen-bond acceptors (Lipinski definition) is 5. The molecule has 26 heavy (non-hydrogen) atoms. The first kappa shape index (κ1) is 19.8. The van der Waals surface area contributed by atoms with Crippen LogP contribution >= 0.6 is 11.3 Å². The number of benzene rings is 1. The summed E-state index contributed by atoms with van der Waals surface area (Å²) < 4.78 is 10.4. The van der Waals surface area contributed by atoms with E-state index >= 15 is 0 Å². The summed E-state index contributed by atoms with van der Waals surface area (Å²) in [5.41, 5.74) is 1.58. The van der Waals surface area contributed by atoms with Gasteiger partial charge in [-0.25, -0.2) is 4.79 Å². The van der Waals surface area contributed by atoms with Crippen LogP contribution in [0.3, 0.4) is 0 Å². The normalized spacial score (nSPS) is 10.5. The minimum Gasteiger partial charge on any atom is -0.493 e. The van der Waals surface area contributed by atoms with Crippen molar-refractivity contribution in [3.63, 3.8) is 0 Å². The summed E-state index contributed by atoms with van der Waals surface area (Å²) in [6.45, 7) is 4.16. The molecule has 2 N–H and O–H groups in total. The highest BCUT2D eigenvalue weighted by atomic mass is 32.1. The van der Waals surface area contributed by atoms with Crippen molar-refractivity contribution in [2.45, 2.75) is 33.1 Å². The fourth-order valence-electron chi connectivity index (χ4n) is 2.76. The van der Waals surface area contributed by atoms with Crippen molar-refractivity contribution in [3.8, 4) is 11.5 Å². The van der Waals surface area contributed by atoms with Crippen molar-refractivity contribution < 1.29 is 24.2 Å².